The first-order valence-electron chi connectivity index (χ1n) is 6.75. The van der Waals surface area contributed by atoms with Crippen molar-refractivity contribution in [1.29, 1.82) is 0 Å². The molecule has 0 radical (unpaired) electrons. The Bertz CT molecular complexity index is 697. The van der Waals surface area contributed by atoms with Crippen LogP contribution in [0.15, 0.2) is 36.4 Å². The Morgan fingerprint density at radius 2 is 1.64 bits per heavy atom. The van der Waals surface area contributed by atoms with Gasteiger partial charge in [0.1, 0.15) is 0 Å². The second-order valence-electron chi connectivity index (χ2n) is 5.28. The number of Topliss-reactive ketones (excluding diaryl/α,β-unsaturated/α-hetero) is 1. The Kier molecular flexibility index (Phi) is 4.26. The topological polar surface area (TPSA) is 43.1 Å². The highest BCUT2D eigenvalue weighted by Gasteiger charge is 2.33. The minimum Gasteiger partial charge on any atom is -0.399 e. The molecule has 0 heterocycles. The van der Waals surface area contributed by atoms with Crippen molar-refractivity contribution in [2.24, 2.45) is 0 Å². The maximum absolute atomic E-state index is 13.0. The van der Waals surface area contributed by atoms with E-state index in [9.17, 15) is 18.0 Å². The van der Waals surface area contributed by atoms with Crippen molar-refractivity contribution in [3.05, 3.63) is 64.2 Å². The summed E-state index contributed by atoms with van der Waals surface area (Å²) in [6.45, 7) is 3.46. The molecule has 0 aliphatic heterocycles. The fourth-order valence-corrected chi connectivity index (χ4v) is 2.65. The van der Waals surface area contributed by atoms with E-state index in [-0.39, 0.29) is 17.8 Å². The van der Waals surface area contributed by atoms with Crippen LogP contribution >= 0.6 is 0 Å². The van der Waals surface area contributed by atoms with Gasteiger partial charge >= 0.3 is 6.18 Å². The lowest BCUT2D eigenvalue weighted by Gasteiger charge is -2.14. The van der Waals surface area contributed by atoms with Crippen molar-refractivity contribution in [2.45, 2.75) is 26.4 Å². The molecule has 0 aromatic heterocycles. The number of nitrogens with two attached hydrogens (primary N) is 1. The average Bonchev–Trinajstić information content (AvgIpc) is 2.36. The second-order valence-corrected chi connectivity index (χ2v) is 5.28. The number of alkyl halides is 3. The van der Waals surface area contributed by atoms with Gasteiger partial charge in [0, 0.05) is 17.7 Å². The van der Waals surface area contributed by atoms with Crippen molar-refractivity contribution in [3.8, 4) is 0 Å². The number of rotatable bonds is 3. The third-order valence-corrected chi connectivity index (χ3v) is 3.51. The predicted octanol–water partition coefficient (Wildman–Crippen LogP) is 4.33. The molecule has 0 saturated heterocycles. The summed E-state index contributed by atoms with van der Waals surface area (Å²) in [6.07, 6.45) is -4.76. The van der Waals surface area contributed by atoms with Gasteiger partial charge in [0.15, 0.2) is 5.78 Å². The summed E-state index contributed by atoms with van der Waals surface area (Å²) in [6, 6.07) is 8.44. The quantitative estimate of drug-likeness (QED) is 0.677. The number of halogens is 3. The first-order chi connectivity index (χ1) is 10.2. The fourth-order valence-electron chi connectivity index (χ4n) is 2.65. The first kappa shape index (κ1) is 16.1. The number of benzene rings is 2. The smallest absolute Gasteiger partial charge is 0.399 e. The number of nitrogen functional groups attached to an aromatic ring is 1. The summed E-state index contributed by atoms with van der Waals surface area (Å²) in [7, 11) is 0. The van der Waals surface area contributed by atoms with Gasteiger partial charge in [-0.25, -0.2) is 0 Å². The molecule has 0 atom stereocenters. The van der Waals surface area contributed by atoms with Gasteiger partial charge < -0.3 is 5.73 Å². The molecule has 2 nitrogen and oxygen atoms in total. The maximum Gasteiger partial charge on any atom is 0.416 e. The zero-order chi connectivity index (χ0) is 16.5. The molecule has 0 spiro atoms. The van der Waals surface area contributed by atoms with Gasteiger partial charge in [-0.15, -0.1) is 0 Å². The lowest BCUT2D eigenvalue weighted by molar-refractivity contribution is -0.138. The number of anilines is 1. The van der Waals surface area contributed by atoms with Crippen LogP contribution in [0.4, 0.5) is 18.9 Å². The van der Waals surface area contributed by atoms with Gasteiger partial charge in [0.2, 0.25) is 0 Å². The Morgan fingerprint density at radius 1 is 1.09 bits per heavy atom. The van der Waals surface area contributed by atoms with Crippen LogP contribution in [-0.4, -0.2) is 5.78 Å². The molecule has 116 valence electrons. The molecule has 0 bridgehead atoms. The Balaban J connectivity index is 2.39. The third kappa shape index (κ3) is 3.30. The van der Waals surface area contributed by atoms with Gasteiger partial charge in [0.25, 0.3) is 0 Å². The number of aryl methyl sites for hydroxylation is 2. The van der Waals surface area contributed by atoms with Gasteiger partial charge in [0.05, 0.1) is 5.56 Å². The van der Waals surface area contributed by atoms with Gasteiger partial charge in [-0.2, -0.15) is 13.2 Å². The van der Waals surface area contributed by atoms with Crippen LogP contribution in [0.3, 0.4) is 0 Å². The van der Waals surface area contributed by atoms with Crippen molar-refractivity contribution < 1.29 is 18.0 Å². The number of hydrogen-bond acceptors (Lipinski definition) is 2. The SMILES string of the molecule is Cc1cc(N)cc(C)c1C(=O)Cc1ccccc1C(F)(F)F. The minimum absolute atomic E-state index is 0.0179. The van der Waals surface area contributed by atoms with Crippen LogP contribution in [-0.2, 0) is 12.6 Å². The standard InChI is InChI=1S/C17H16F3NO/c1-10-7-13(21)8-11(2)16(10)15(22)9-12-5-3-4-6-14(12)17(18,19)20/h3-8H,9,21H2,1-2H3. The van der Waals surface area contributed by atoms with E-state index in [4.69, 9.17) is 5.73 Å². The van der Waals surface area contributed by atoms with Gasteiger partial charge in [-0.05, 0) is 48.7 Å². The molecule has 0 unspecified atom stereocenters. The van der Waals surface area contributed by atoms with Crippen LogP contribution in [0.25, 0.3) is 0 Å². The maximum atomic E-state index is 13.0. The normalized spacial score (nSPS) is 11.5. The minimum atomic E-state index is -4.47. The van der Waals surface area contributed by atoms with E-state index in [0.29, 0.717) is 22.4 Å². The number of hydrogen-bond donors (Lipinski definition) is 1. The lowest BCUT2D eigenvalue weighted by atomic mass is 9.93. The number of ketones is 1. The summed E-state index contributed by atoms with van der Waals surface area (Å²) >= 11 is 0. The van der Waals surface area contributed by atoms with Crippen molar-refractivity contribution >= 4 is 11.5 Å². The predicted molar refractivity (Wildman–Crippen MR) is 79.8 cm³/mol. The second kappa shape index (κ2) is 5.83. The summed E-state index contributed by atoms with van der Waals surface area (Å²) in [4.78, 5) is 12.4. The molecule has 0 saturated carbocycles. The molecule has 0 aliphatic carbocycles. The Hall–Kier alpha value is -2.30. The molecule has 0 amide bonds. The lowest BCUT2D eigenvalue weighted by Crippen LogP contribution is -2.14. The fraction of sp³-hybridized carbons (Fsp3) is 0.235. The van der Waals surface area contributed by atoms with Crippen molar-refractivity contribution in [1.82, 2.24) is 0 Å². The van der Waals surface area contributed by atoms with Crippen LogP contribution in [0.1, 0.15) is 32.6 Å². The Morgan fingerprint density at radius 3 is 2.18 bits per heavy atom. The highest BCUT2D eigenvalue weighted by atomic mass is 19.4. The number of carbonyl (C=O) groups is 1. The van der Waals surface area contributed by atoms with Gasteiger partial charge in [-0.1, -0.05) is 18.2 Å². The van der Waals surface area contributed by atoms with Crippen molar-refractivity contribution in [2.75, 3.05) is 5.73 Å². The zero-order valence-corrected chi connectivity index (χ0v) is 12.3. The van der Waals surface area contributed by atoms with E-state index in [1.165, 1.54) is 18.2 Å². The van der Waals surface area contributed by atoms with E-state index in [1.807, 2.05) is 0 Å². The van der Waals surface area contributed by atoms with E-state index < -0.39 is 11.7 Å². The zero-order valence-electron chi connectivity index (χ0n) is 12.3. The van der Waals surface area contributed by atoms with Crippen molar-refractivity contribution in [3.63, 3.8) is 0 Å². The monoisotopic (exact) mass is 307 g/mol. The third-order valence-electron chi connectivity index (χ3n) is 3.51. The van der Waals surface area contributed by atoms with E-state index in [0.717, 1.165) is 6.07 Å². The molecular weight excluding hydrogens is 291 g/mol. The van der Waals surface area contributed by atoms with E-state index in [1.54, 1.807) is 26.0 Å². The molecule has 2 aromatic carbocycles. The summed E-state index contributed by atoms with van der Waals surface area (Å²) in [5, 5.41) is 0. The molecule has 5 heteroatoms. The first-order valence-corrected chi connectivity index (χ1v) is 6.75. The van der Waals surface area contributed by atoms with Crippen LogP contribution in [0.5, 0.6) is 0 Å². The summed E-state index contributed by atoms with van der Waals surface area (Å²) < 4.78 is 39.0. The average molecular weight is 307 g/mol. The van der Waals surface area contributed by atoms with E-state index >= 15 is 0 Å². The summed E-state index contributed by atoms with van der Waals surface area (Å²) in [5.41, 5.74) is 7.23. The molecule has 2 aromatic rings. The highest BCUT2D eigenvalue weighted by molar-refractivity contribution is 6.00. The van der Waals surface area contributed by atoms with E-state index in [2.05, 4.69) is 0 Å². The summed E-state index contributed by atoms with van der Waals surface area (Å²) in [5.74, 6) is -0.341. The van der Waals surface area contributed by atoms with Crippen LogP contribution in [0, 0.1) is 13.8 Å². The molecule has 2 N–H and O–H groups in total. The molecular formula is C17H16F3NO. The molecule has 2 rings (SSSR count). The van der Waals surface area contributed by atoms with Crippen LogP contribution in [0.2, 0.25) is 0 Å². The molecule has 22 heavy (non-hydrogen) atoms. The highest BCUT2D eigenvalue weighted by Crippen LogP contribution is 2.32. The number of carbonyl (C=O) groups excluding carboxylic acids is 1. The van der Waals surface area contributed by atoms with Gasteiger partial charge in [-0.3, -0.25) is 4.79 Å². The largest absolute Gasteiger partial charge is 0.416 e. The molecule has 0 aliphatic rings. The Labute approximate surface area is 126 Å². The molecule has 0 fully saturated rings. The van der Waals surface area contributed by atoms with Crippen LogP contribution < -0.4 is 5.73 Å².